The molecule has 1 amide bonds. The van der Waals surface area contributed by atoms with Crippen LogP contribution in [0.4, 0.5) is 10.1 Å². The van der Waals surface area contributed by atoms with E-state index in [2.05, 4.69) is 5.32 Å². The average Bonchev–Trinajstić information content (AvgIpc) is 2.44. The van der Waals surface area contributed by atoms with Gasteiger partial charge in [0.15, 0.2) is 0 Å². The van der Waals surface area contributed by atoms with Crippen LogP contribution in [0, 0.1) is 11.2 Å². The number of carboxylic acids is 1. The number of anilines is 1. The first-order valence-electron chi connectivity index (χ1n) is 6.92. The Labute approximate surface area is 127 Å². The van der Waals surface area contributed by atoms with Crippen LogP contribution in [0.3, 0.4) is 0 Å². The van der Waals surface area contributed by atoms with Crippen LogP contribution in [0.25, 0.3) is 0 Å². The number of nitrogens with one attached hydrogen (secondary N) is 1. The SMILES string of the molecule is O=C(CC1(C(=O)O)CCCCC1)Nc1c(F)cccc1Cl. The fourth-order valence-corrected chi connectivity index (χ4v) is 3.01. The van der Waals surface area contributed by atoms with Crippen molar-refractivity contribution in [2.45, 2.75) is 38.5 Å². The highest BCUT2D eigenvalue weighted by atomic mass is 35.5. The number of carbonyl (C=O) groups is 2. The van der Waals surface area contributed by atoms with Gasteiger partial charge in [-0.2, -0.15) is 0 Å². The van der Waals surface area contributed by atoms with Crippen molar-refractivity contribution in [1.29, 1.82) is 0 Å². The monoisotopic (exact) mass is 313 g/mol. The van der Waals surface area contributed by atoms with Crippen LogP contribution >= 0.6 is 11.6 Å². The Hall–Kier alpha value is -1.62. The highest BCUT2D eigenvalue weighted by Gasteiger charge is 2.41. The lowest BCUT2D eigenvalue weighted by molar-refractivity contribution is -0.153. The maximum Gasteiger partial charge on any atom is 0.310 e. The lowest BCUT2D eigenvalue weighted by atomic mass is 9.71. The number of carbonyl (C=O) groups excluding carboxylic acids is 1. The molecule has 0 bridgehead atoms. The summed E-state index contributed by atoms with van der Waals surface area (Å²) in [5, 5.41) is 11.9. The molecule has 1 aromatic rings. The normalized spacial score (nSPS) is 17.2. The number of hydrogen-bond acceptors (Lipinski definition) is 2. The molecule has 0 radical (unpaired) electrons. The highest BCUT2D eigenvalue weighted by Crippen LogP contribution is 2.40. The minimum atomic E-state index is -1.04. The molecule has 0 atom stereocenters. The maximum atomic E-state index is 13.6. The van der Waals surface area contributed by atoms with Gasteiger partial charge in [0.2, 0.25) is 5.91 Å². The van der Waals surface area contributed by atoms with E-state index in [0.717, 1.165) is 19.3 Å². The Kier molecular flexibility index (Phi) is 4.83. The molecule has 0 unspecified atom stereocenters. The quantitative estimate of drug-likeness (QED) is 0.887. The van der Waals surface area contributed by atoms with Gasteiger partial charge in [0, 0.05) is 6.42 Å². The van der Waals surface area contributed by atoms with Crippen LogP contribution in [0.15, 0.2) is 18.2 Å². The fourth-order valence-electron chi connectivity index (χ4n) is 2.80. The summed E-state index contributed by atoms with van der Waals surface area (Å²) >= 11 is 5.84. The van der Waals surface area contributed by atoms with Crippen LogP contribution < -0.4 is 5.32 Å². The van der Waals surface area contributed by atoms with E-state index < -0.39 is 23.1 Å². The minimum Gasteiger partial charge on any atom is -0.481 e. The van der Waals surface area contributed by atoms with Crippen molar-refractivity contribution in [3.8, 4) is 0 Å². The molecule has 21 heavy (non-hydrogen) atoms. The zero-order valence-corrected chi connectivity index (χ0v) is 12.3. The number of para-hydroxylation sites is 1. The molecule has 0 spiro atoms. The van der Waals surface area contributed by atoms with Crippen LogP contribution in [0.1, 0.15) is 38.5 Å². The number of halogens is 2. The first kappa shape index (κ1) is 15.8. The van der Waals surface area contributed by atoms with Gasteiger partial charge < -0.3 is 10.4 Å². The summed E-state index contributed by atoms with van der Waals surface area (Å²) in [6, 6.07) is 4.09. The number of amides is 1. The summed E-state index contributed by atoms with van der Waals surface area (Å²) in [7, 11) is 0. The molecular formula is C15H17ClFNO3. The smallest absolute Gasteiger partial charge is 0.310 e. The van der Waals surface area contributed by atoms with Crippen molar-refractivity contribution >= 4 is 29.2 Å². The number of hydrogen-bond donors (Lipinski definition) is 2. The van der Waals surface area contributed by atoms with Gasteiger partial charge in [0.05, 0.1) is 16.1 Å². The summed E-state index contributed by atoms with van der Waals surface area (Å²) in [6.07, 6.45) is 3.35. The standard InChI is InChI=1S/C15H17ClFNO3/c16-10-5-4-6-11(17)13(10)18-12(19)9-15(14(20)21)7-2-1-3-8-15/h4-6H,1-3,7-9H2,(H,18,19)(H,20,21). The van der Waals surface area contributed by atoms with Gasteiger partial charge in [0.25, 0.3) is 0 Å². The predicted molar refractivity (Wildman–Crippen MR) is 77.8 cm³/mol. The third kappa shape index (κ3) is 3.53. The van der Waals surface area contributed by atoms with Crippen molar-refractivity contribution in [2.24, 2.45) is 5.41 Å². The Bertz CT molecular complexity index is 536. The predicted octanol–water partition coefficient (Wildman–Crippen LogP) is 3.84. The van der Waals surface area contributed by atoms with E-state index in [4.69, 9.17) is 11.6 Å². The van der Waals surface area contributed by atoms with E-state index in [1.807, 2.05) is 0 Å². The van der Waals surface area contributed by atoms with E-state index in [-0.39, 0.29) is 17.1 Å². The van der Waals surface area contributed by atoms with Crippen molar-refractivity contribution in [3.05, 3.63) is 29.0 Å². The van der Waals surface area contributed by atoms with Gasteiger partial charge in [-0.15, -0.1) is 0 Å². The van der Waals surface area contributed by atoms with Crippen molar-refractivity contribution < 1.29 is 19.1 Å². The molecule has 1 aliphatic rings. The average molecular weight is 314 g/mol. The van der Waals surface area contributed by atoms with Crippen LogP contribution in [-0.2, 0) is 9.59 Å². The van der Waals surface area contributed by atoms with Gasteiger partial charge in [-0.05, 0) is 25.0 Å². The van der Waals surface area contributed by atoms with E-state index >= 15 is 0 Å². The summed E-state index contributed by atoms with van der Waals surface area (Å²) in [5.41, 5.74) is -1.14. The minimum absolute atomic E-state index is 0.0939. The van der Waals surface area contributed by atoms with Crippen molar-refractivity contribution in [3.63, 3.8) is 0 Å². The van der Waals surface area contributed by atoms with E-state index in [0.29, 0.717) is 12.8 Å². The molecule has 1 saturated carbocycles. The molecule has 6 heteroatoms. The second kappa shape index (κ2) is 6.43. The third-order valence-corrected chi connectivity index (χ3v) is 4.31. The third-order valence-electron chi connectivity index (χ3n) is 3.99. The maximum absolute atomic E-state index is 13.6. The summed E-state index contributed by atoms with van der Waals surface area (Å²) in [4.78, 5) is 23.6. The van der Waals surface area contributed by atoms with Crippen LogP contribution in [-0.4, -0.2) is 17.0 Å². The molecule has 0 aliphatic heterocycles. The lowest BCUT2D eigenvalue weighted by Crippen LogP contribution is -2.37. The molecule has 0 aromatic heterocycles. The largest absolute Gasteiger partial charge is 0.481 e. The lowest BCUT2D eigenvalue weighted by Gasteiger charge is -2.32. The van der Waals surface area contributed by atoms with E-state index in [9.17, 15) is 19.1 Å². The first-order chi connectivity index (χ1) is 9.94. The summed E-state index contributed by atoms with van der Waals surface area (Å²) in [5.74, 6) is -2.12. The van der Waals surface area contributed by atoms with Gasteiger partial charge in [-0.1, -0.05) is 36.9 Å². The number of benzene rings is 1. The molecule has 1 aromatic carbocycles. The number of carboxylic acid groups (broad SMARTS) is 1. The Morgan fingerprint density at radius 2 is 1.95 bits per heavy atom. The molecular weight excluding hydrogens is 297 g/mol. The second-order valence-corrected chi connectivity index (χ2v) is 5.87. The second-order valence-electron chi connectivity index (χ2n) is 5.47. The molecule has 0 heterocycles. The van der Waals surface area contributed by atoms with Crippen LogP contribution in [0.2, 0.25) is 5.02 Å². The van der Waals surface area contributed by atoms with Gasteiger partial charge in [-0.25, -0.2) is 4.39 Å². The van der Waals surface area contributed by atoms with Crippen LogP contribution in [0.5, 0.6) is 0 Å². The zero-order valence-electron chi connectivity index (χ0n) is 11.5. The molecule has 1 fully saturated rings. The molecule has 1 aliphatic carbocycles. The first-order valence-corrected chi connectivity index (χ1v) is 7.30. The molecule has 2 rings (SSSR count). The van der Waals surface area contributed by atoms with Gasteiger partial charge >= 0.3 is 5.97 Å². The summed E-state index contributed by atoms with van der Waals surface area (Å²) < 4.78 is 13.6. The van der Waals surface area contributed by atoms with Crippen molar-refractivity contribution in [1.82, 2.24) is 0 Å². The van der Waals surface area contributed by atoms with E-state index in [1.54, 1.807) is 0 Å². The van der Waals surface area contributed by atoms with Gasteiger partial charge in [-0.3, -0.25) is 9.59 Å². The Balaban J connectivity index is 2.11. The Morgan fingerprint density at radius 3 is 2.52 bits per heavy atom. The molecule has 0 saturated heterocycles. The summed E-state index contributed by atoms with van der Waals surface area (Å²) in [6.45, 7) is 0. The number of rotatable bonds is 4. The zero-order chi connectivity index (χ0) is 15.5. The highest BCUT2D eigenvalue weighted by molar-refractivity contribution is 6.33. The molecule has 114 valence electrons. The molecule has 4 nitrogen and oxygen atoms in total. The fraction of sp³-hybridized carbons (Fsp3) is 0.467. The molecule has 2 N–H and O–H groups in total. The van der Waals surface area contributed by atoms with Crippen molar-refractivity contribution in [2.75, 3.05) is 5.32 Å². The number of aliphatic carboxylic acids is 1. The topological polar surface area (TPSA) is 66.4 Å². The van der Waals surface area contributed by atoms with E-state index in [1.165, 1.54) is 18.2 Å². The van der Waals surface area contributed by atoms with Gasteiger partial charge in [0.1, 0.15) is 5.82 Å². The Morgan fingerprint density at radius 1 is 1.29 bits per heavy atom.